The van der Waals surface area contributed by atoms with Crippen LogP contribution in [-0.4, -0.2) is 22.9 Å². The van der Waals surface area contributed by atoms with Crippen LogP contribution < -0.4 is 0 Å². The number of hydrogen-bond donors (Lipinski definition) is 0. The minimum absolute atomic E-state index is 0.303. The summed E-state index contributed by atoms with van der Waals surface area (Å²) in [5.74, 6) is 9.03. The molecular formula is C48H76NO2P. The molecule has 0 spiro atoms. The van der Waals surface area contributed by atoms with Gasteiger partial charge in [-0.25, -0.2) is 4.67 Å². The van der Waals surface area contributed by atoms with E-state index in [4.69, 9.17) is 9.05 Å². The van der Waals surface area contributed by atoms with Gasteiger partial charge in [0.05, 0.1) is 12.2 Å². The van der Waals surface area contributed by atoms with Crippen molar-refractivity contribution in [3.05, 3.63) is 35.9 Å². The number of rotatable bonds is 7. The molecule has 1 aromatic rings. The first-order valence-electron chi connectivity index (χ1n) is 23.6. The Balaban J connectivity index is 1.18. The van der Waals surface area contributed by atoms with E-state index in [0.717, 1.165) is 65.1 Å². The Morgan fingerprint density at radius 1 is 0.500 bits per heavy atom. The van der Waals surface area contributed by atoms with Gasteiger partial charge in [0, 0.05) is 12.1 Å². The molecule has 8 fully saturated rings. The highest BCUT2D eigenvalue weighted by Gasteiger charge is 2.61. The molecule has 9 rings (SSSR count). The van der Waals surface area contributed by atoms with Gasteiger partial charge in [-0.2, -0.15) is 0 Å². The third-order valence-corrected chi connectivity index (χ3v) is 19.6. The molecule has 0 radical (unpaired) electrons. The standard InChI is InChI=1S/C48H76NO2P/c1-33(35-19-7-3-8-20-35)49(34(2)36-21-9-4-10-22-36)52-50-47-43(37-23-11-5-12-24-37)31-39-27-15-17-29-41(39)45(47)46-42-30-18-16-28-40(42)32-44(48(46)51-52)38-25-13-6-14-26-38/h3,7-8,19-20,33-34,36-48H,4-6,9-18,21-32H2,1-2H3/t33-,34-,39?,40?,41?,42?,43?,44?,45?,46?,47?,48?,52?/m1/s1. The molecule has 0 N–H and O–H groups in total. The van der Waals surface area contributed by atoms with Gasteiger partial charge in [0.2, 0.25) is 0 Å². The van der Waals surface area contributed by atoms with Gasteiger partial charge in [-0.15, -0.1) is 0 Å². The summed E-state index contributed by atoms with van der Waals surface area (Å²) in [6.45, 7) is 5.13. The first-order valence-corrected chi connectivity index (χ1v) is 24.8. The van der Waals surface area contributed by atoms with Gasteiger partial charge in [-0.1, -0.05) is 152 Å². The first-order chi connectivity index (χ1) is 25.7. The molecule has 10 unspecified atom stereocenters. The molecule has 8 aliphatic rings. The monoisotopic (exact) mass is 730 g/mol. The highest BCUT2D eigenvalue weighted by Crippen LogP contribution is 2.68. The van der Waals surface area contributed by atoms with Crippen LogP contribution in [0, 0.1) is 65.1 Å². The Morgan fingerprint density at radius 3 is 1.42 bits per heavy atom. The van der Waals surface area contributed by atoms with E-state index < -0.39 is 8.53 Å². The molecule has 290 valence electrons. The van der Waals surface area contributed by atoms with E-state index in [2.05, 4.69) is 48.8 Å². The second-order valence-corrected chi connectivity index (χ2v) is 21.5. The Hall–Kier alpha value is -0.470. The van der Waals surface area contributed by atoms with Crippen molar-refractivity contribution in [3.8, 4) is 0 Å². The minimum Gasteiger partial charge on any atom is -0.318 e. The second-order valence-electron chi connectivity index (χ2n) is 20.2. The maximum atomic E-state index is 8.22. The Morgan fingerprint density at radius 2 is 0.923 bits per heavy atom. The van der Waals surface area contributed by atoms with E-state index in [-0.39, 0.29) is 0 Å². The van der Waals surface area contributed by atoms with Crippen LogP contribution in [0.4, 0.5) is 0 Å². The molecular weight excluding hydrogens is 654 g/mol. The van der Waals surface area contributed by atoms with Crippen molar-refractivity contribution in [1.29, 1.82) is 0 Å². The lowest BCUT2D eigenvalue weighted by Crippen LogP contribution is -2.57. The maximum Gasteiger partial charge on any atom is 0.260 e. The summed E-state index contributed by atoms with van der Waals surface area (Å²) in [4.78, 5) is 0. The summed E-state index contributed by atoms with van der Waals surface area (Å²) in [6.07, 6.45) is 37.1. The lowest BCUT2D eigenvalue weighted by atomic mass is 9.48. The van der Waals surface area contributed by atoms with Gasteiger partial charge in [0.15, 0.2) is 0 Å². The van der Waals surface area contributed by atoms with Crippen LogP contribution in [0.3, 0.4) is 0 Å². The highest BCUT2D eigenvalue weighted by atomic mass is 31.2. The molecule has 0 amide bonds. The fourth-order valence-corrected chi connectivity index (χ4v) is 17.3. The molecule has 0 bridgehead atoms. The zero-order chi connectivity index (χ0) is 35.0. The Labute approximate surface area is 320 Å². The Bertz CT molecular complexity index is 1200. The first kappa shape index (κ1) is 37.1. The van der Waals surface area contributed by atoms with Crippen LogP contribution in [0.1, 0.15) is 186 Å². The minimum atomic E-state index is -1.19. The van der Waals surface area contributed by atoms with Gasteiger partial charge in [-0.05, 0) is 123 Å². The van der Waals surface area contributed by atoms with Crippen LogP contribution in [0.25, 0.3) is 0 Å². The van der Waals surface area contributed by atoms with Crippen LogP contribution in [0.5, 0.6) is 0 Å². The van der Waals surface area contributed by atoms with Crippen molar-refractivity contribution in [2.45, 2.75) is 199 Å². The highest BCUT2D eigenvalue weighted by molar-refractivity contribution is 7.44. The maximum absolute atomic E-state index is 8.22. The average molecular weight is 730 g/mol. The Kier molecular flexibility index (Phi) is 12.1. The van der Waals surface area contributed by atoms with E-state index in [1.54, 1.807) is 0 Å². The van der Waals surface area contributed by atoms with E-state index in [9.17, 15) is 0 Å². The van der Waals surface area contributed by atoms with Crippen molar-refractivity contribution < 1.29 is 9.05 Å². The van der Waals surface area contributed by atoms with Crippen molar-refractivity contribution in [3.63, 3.8) is 0 Å². The van der Waals surface area contributed by atoms with Crippen molar-refractivity contribution >= 4 is 8.53 Å². The van der Waals surface area contributed by atoms with Crippen molar-refractivity contribution in [2.75, 3.05) is 0 Å². The lowest BCUT2D eigenvalue weighted by molar-refractivity contribution is -0.137. The van der Waals surface area contributed by atoms with Crippen LogP contribution in [0.15, 0.2) is 30.3 Å². The number of fused-ring (bicyclic) bond motifs is 7. The molecule has 3 nitrogen and oxygen atoms in total. The van der Waals surface area contributed by atoms with E-state index in [0.29, 0.717) is 24.3 Å². The smallest absolute Gasteiger partial charge is 0.260 e. The lowest BCUT2D eigenvalue weighted by Gasteiger charge is -2.58. The molecule has 1 heterocycles. The molecule has 4 heteroatoms. The van der Waals surface area contributed by atoms with Gasteiger partial charge in [-0.3, -0.25) is 0 Å². The number of nitrogens with zero attached hydrogens (tertiary/aromatic N) is 1. The van der Waals surface area contributed by atoms with Gasteiger partial charge < -0.3 is 9.05 Å². The zero-order valence-corrected chi connectivity index (χ0v) is 34.3. The number of benzene rings is 1. The van der Waals surface area contributed by atoms with E-state index in [1.165, 1.54) is 166 Å². The zero-order valence-electron chi connectivity index (χ0n) is 33.4. The molecule has 7 aliphatic carbocycles. The van der Waals surface area contributed by atoms with Gasteiger partial charge in [0.25, 0.3) is 8.53 Å². The second kappa shape index (κ2) is 16.9. The molecule has 1 aliphatic heterocycles. The summed E-state index contributed by atoms with van der Waals surface area (Å²) < 4.78 is 19.4. The molecule has 7 saturated carbocycles. The molecule has 12 atom stereocenters. The summed E-state index contributed by atoms with van der Waals surface area (Å²) in [5, 5.41) is 0. The average Bonchev–Trinajstić information content (AvgIpc) is 3.39. The van der Waals surface area contributed by atoms with E-state index >= 15 is 0 Å². The normalized spacial score (nSPS) is 42.2. The predicted octanol–water partition coefficient (Wildman–Crippen LogP) is 14.1. The quantitative estimate of drug-likeness (QED) is 0.261. The van der Waals surface area contributed by atoms with Crippen molar-refractivity contribution in [2.24, 2.45) is 65.1 Å². The SMILES string of the molecule is C[C@H](c1ccccc1)N([C@H](C)C1CCCCC1)P1OC2C(C3CCCCC3)CC3CCCCC3C2C2C3CCCCC3CC(C3CCCCC3)C2O1. The largest absolute Gasteiger partial charge is 0.318 e. The molecule has 52 heavy (non-hydrogen) atoms. The third kappa shape index (κ3) is 7.40. The number of hydrogen-bond acceptors (Lipinski definition) is 3. The fourth-order valence-electron chi connectivity index (χ4n) is 15.2. The summed E-state index contributed by atoms with van der Waals surface area (Å²) in [7, 11) is -1.19. The molecule has 1 saturated heterocycles. The summed E-state index contributed by atoms with van der Waals surface area (Å²) >= 11 is 0. The topological polar surface area (TPSA) is 21.7 Å². The fraction of sp³-hybridized carbons (Fsp3) is 0.875. The van der Waals surface area contributed by atoms with Crippen LogP contribution >= 0.6 is 8.53 Å². The van der Waals surface area contributed by atoms with Crippen molar-refractivity contribution in [1.82, 2.24) is 4.67 Å². The third-order valence-electron chi connectivity index (χ3n) is 17.7. The molecule has 0 aromatic heterocycles. The van der Waals surface area contributed by atoms with E-state index in [1.807, 2.05) is 0 Å². The van der Waals surface area contributed by atoms with Gasteiger partial charge in [0.1, 0.15) is 0 Å². The molecule has 1 aromatic carbocycles. The summed E-state index contributed by atoms with van der Waals surface area (Å²) in [6, 6.07) is 12.3. The van der Waals surface area contributed by atoms with Crippen LogP contribution in [0.2, 0.25) is 0 Å². The summed E-state index contributed by atoms with van der Waals surface area (Å²) in [5.41, 5.74) is 1.46. The van der Waals surface area contributed by atoms with Crippen LogP contribution in [-0.2, 0) is 9.05 Å². The predicted molar refractivity (Wildman–Crippen MR) is 217 cm³/mol. The van der Waals surface area contributed by atoms with Gasteiger partial charge >= 0.3 is 0 Å².